The number of rotatable bonds is 4. The molecule has 4 aliphatic carbocycles. The Kier molecular flexibility index (Phi) is 6.31. The van der Waals surface area contributed by atoms with Gasteiger partial charge in [-0.1, -0.05) is 103 Å². The predicted molar refractivity (Wildman–Crippen MR) is 228 cm³/mol. The van der Waals surface area contributed by atoms with E-state index in [1.807, 2.05) is 24.3 Å². The fourth-order valence-corrected chi connectivity index (χ4v) is 11.8. The summed E-state index contributed by atoms with van der Waals surface area (Å²) in [5.41, 5.74) is 9.79. The molecule has 4 fully saturated rings. The summed E-state index contributed by atoms with van der Waals surface area (Å²) < 4.78 is 13.1. The van der Waals surface area contributed by atoms with Crippen molar-refractivity contribution in [2.45, 2.75) is 43.9 Å². The molecule has 0 aliphatic heterocycles. The second kappa shape index (κ2) is 11.4. The summed E-state index contributed by atoms with van der Waals surface area (Å²) in [5.74, 6) is 3.47. The monoisotopic (exact) mass is 722 g/mol. The van der Waals surface area contributed by atoms with Gasteiger partial charge in [0, 0.05) is 38.2 Å². The Balaban J connectivity index is 0.975. The highest BCUT2D eigenvalue weighted by molar-refractivity contribution is 6.12. The van der Waals surface area contributed by atoms with Crippen LogP contribution in [0.1, 0.15) is 44.1 Å². The van der Waals surface area contributed by atoms with E-state index in [0.29, 0.717) is 11.2 Å². The lowest BCUT2D eigenvalue weighted by Crippen LogP contribution is -2.48. The molecule has 0 spiro atoms. The van der Waals surface area contributed by atoms with Crippen LogP contribution in [0.3, 0.4) is 0 Å². The Morgan fingerprint density at radius 2 is 0.964 bits per heavy atom. The van der Waals surface area contributed by atoms with Crippen molar-refractivity contribution in [1.29, 1.82) is 0 Å². The Morgan fingerprint density at radius 1 is 0.446 bits per heavy atom. The van der Waals surface area contributed by atoms with E-state index in [9.17, 15) is 0 Å². The maximum atomic E-state index is 6.54. The quantitative estimate of drug-likeness (QED) is 0.170. The van der Waals surface area contributed by atoms with Gasteiger partial charge in [-0.05, 0) is 125 Å². The van der Waals surface area contributed by atoms with E-state index < -0.39 is 0 Å². The van der Waals surface area contributed by atoms with E-state index in [2.05, 4.69) is 115 Å². The molecule has 10 aromatic rings. The average Bonchev–Trinajstić information content (AvgIpc) is 3.81. The number of furan rings is 2. The van der Waals surface area contributed by atoms with Crippen LogP contribution in [0.25, 0.3) is 99.3 Å². The predicted octanol–water partition coefficient (Wildman–Crippen LogP) is 14.1. The molecule has 4 aliphatic rings. The number of benzene rings is 7. The molecule has 3 aromatic heterocycles. The van der Waals surface area contributed by atoms with Crippen LogP contribution in [0.2, 0.25) is 0 Å². The van der Waals surface area contributed by atoms with E-state index in [0.717, 1.165) is 89.7 Å². The topological polar surface area (TPSA) is 52.1 Å². The Labute approximate surface area is 323 Å². The smallest absolute Gasteiger partial charge is 0.160 e. The summed E-state index contributed by atoms with van der Waals surface area (Å²) in [4.78, 5) is 10.6. The van der Waals surface area contributed by atoms with Gasteiger partial charge in [-0.2, -0.15) is 0 Å². The van der Waals surface area contributed by atoms with Crippen molar-refractivity contribution in [1.82, 2.24) is 9.97 Å². The van der Waals surface area contributed by atoms with Gasteiger partial charge in [0.2, 0.25) is 0 Å². The third-order valence-electron chi connectivity index (χ3n) is 13.8. The van der Waals surface area contributed by atoms with Crippen LogP contribution >= 0.6 is 0 Å². The van der Waals surface area contributed by atoms with Crippen molar-refractivity contribution in [2.75, 3.05) is 0 Å². The van der Waals surface area contributed by atoms with Crippen LogP contribution in [0.5, 0.6) is 0 Å². The largest absolute Gasteiger partial charge is 0.455 e. The highest BCUT2D eigenvalue weighted by Gasteiger charge is 2.51. The van der Waals surface area contributed by atoms with Crippen LogP contribution in [-0.2, 0) is 5.41 Å². The molecule has 3 heterocycles. The summed E-state index contributed by atoms with van der Waals surface area (Å²) in [6.07, 6.45) is 8.58. The summed E-state index contributed by atoms with van der Waals surface area (Å²) in [6, 6.07) is 49.9. The molecule has 4 heteroatoms. The first-order valence-electron chi connectivity index (χ1n) is 20.3. The first-order chi connectivity index (χ1) is 27.6. The number of fused-ring (bicyclic) bond motifs is 9. The van der Waals surface area contributed by atoms with E-state index in [4.69, 9.17) is 18.8 Å². The fraction of sp³-hybridized carbons (Fsp3) is 0.192. The standard InChI is InChI=1S/C52H38N2O2/c1-3-13-47-39(7-1)41-9-5-11-43(49(41)55-47)45-26-46(44-12-6-10-42-40-8-2-4-14-48(40)56-50(42)44)54-51(53-45)35-17-19-37-33(24-35)15-16-34-25-36(18-20-38(34)37)52-27-30-21-31(28-52)23-32(22-30)29-52/h1-20,24-26,30-32H,21-23,27-29H2. The Morgan fingerprint density at radius 3 is 1.55 bits per heavy atom. The molecule has 268 valence electrons. The van der Waals surface area contributed by atoms with Crippen molar-refractivity contribution in [3.8, 4) is 33.9 Å². The molecule has 4 saturated carbocycles. The van der Waals surface area contributed by atoms with Crippen LogP contribution in [0, 0.1) is 17.8 Å². The van der Waals surface area contributed by atoms with Crippen molar-refractivity contribution in [3.05, 3.63) is 145 Å². The van der Waals surface area contributed by atoms with Crippen LogP contribution in [0.4, 0.5) is 0 Å². The van der Waals surface area contributed by atoms with Gasteiger partial charge in [0.25, 0.3) is 0 Å². The third-order valence-corrected chi connectivity index (χ3v) is 13.8. The average molecular weight is 723 g/mol. The first kappa shape index (κ1) is 31.0. The van der Waals surface area contributed by atoms with E-state index >= 15 is 0 Å². The third kappa shape index (κ3) is 4.53. The number of hydrogen-bond acceptors (Lipinski definition) is 4. The van der Waals surface area contributed by atoms with Gasteiger partial charge >= 0.3 is 0 Å². The second-order valence-corrected chi connectivity index (χ2v) is 17.2. The van der Waals surface area contributed by atoms with Crippen molar-refractivity contribution in [2.24, 2.45) is 17.8 Å². The maximum Gasteiger partial charge on any atom is 0.160 e. The van der Waals surface area contributed by atoms with Crippen molar-refractivity contribution in [3.63, 3.8) is 0 Å². The molecule has 0 saturated heterocycles. The van der Waals surface area contributed by atoms with E-state index in [-0.39, 0.29) is 0 Å². The molecule has 56 heavy (non-hydrogen) atoms. The highest BCUT2D eigenvalue weighted by atomic mass is 16.3. The van der Waals surface area contributed by atoms with Crippen LogP contribution in [-0.4, -0.2) is 9.97 Å². The Bertz CT molecular complexity index is 3090. The molecule has 0 N–H and O–H groups in total. The SMILES string of the molecule is c1ccc2c(c1)oc1c(-c3cc(-c4cccc5c4oc4ccccc45)nc(-c4ccc5c(ccc6cc(C78CC9CC(CC(C9)C7)C8)ccc65)c4)n3)cccc12. The molecule has 0 radical (unpaired) electrons. The van der Waals surface area contributed by atoms with Gasteiger partial charge in [0.15, 0.2) is 5.82 Å². The molecule has 0 unspecified atom stereocenters. The normalized spacial score (nSPS) is 21.8. The minimum atomic E-state index is 0.390. The van der Waals surface area contributed by atoms with Gasteiger partial charge in [-0.15, -0.1) is 0 Å². The lowest BCUT2D eigenvalue weighted by atomic mass is 9.48. The number of para-hydroxylation sites is 4. The zero-order chi connectivity index (χ0) is 36.5. The number of aromatic nitrogens is 2. The second-order valence-electron chi connectivity index (χ2n) is 17.2. The van der Waals surface area contributed by atoms with Crippen LogP contribution < -0.4 is 0 Å². The van der Waals surface area contributed by atoms with Gasteiger partial charge in [0.05, 0.1) is 11.4 Å². The van der Waals surface area contributed by atoms with Gasteiger partial charge in [-0.25, -0.2) is 9.97 Å². The van der Waals surface area contributed by atoms with Crippen molar-refractivity contribution >= 4 is 65.4 Å². The molecule has 0 atom stereocenters. The van der Waals surface area contributed by atoms with Gasteiger partial charge in [0.1, 0.15) is 22.3 Å². The molecule has 14 rings (SSSR count). The number of nitrogens with zero attached hydrogens (tertiary/aromatic N) is 2. The van der Waals surface area contributed by atoms with Crippen molar-refractivity contribution < 1.29 is 8.83 Å². The highest BCUT2D eigenvalue weighted by Crippen LogP contribution is 2.61. The molecule has 7 aromatic carbocycles. The fourth-order valence-electron chi connectivity index (χ4n) is 11.8. The van der Waals surface area contributed by atoms with Gasteiger partial charge < -0.3 is 8.83 Å². The zero-order valence-electron chi connectivity index (χ0n) is 31.0. The first-order valence-corrected chi connectivity index (χ1v) is 20.3. The lowest BCUT2D eigenvalue weighted by Gasteiger charge is -2.57. The van der Waals surface area contributed by atoms with E-state index in [1.54, 1.807) is 5.56 Å². The Hall–Kier alpha value is -6.26. The summed E-state index contributed by atoms with van der Waals surface area (Å²) in [5, 5.41) is 9.44. The van der Waals surface area contributed by atoms with E-state index in [1.165, 1.54) is 60.1 Å². The lowest BCUT2D eigenvalue weighted by molar-refractivity contribution is -0.00512. The summed E-state index contributed by atoms with van der Waals surface area (Å²) >= 11 is 0. The minimum Gasteiger partial charge on any atom is -0.455 e. The number of hydrogen-bond donors (Lipinski definition) is 0. The summed E-state index contributed by atoms with van der Waals surface area (Å²) in [7, 11) is 0. The minimum absolute atomic E-state index is 0.390. The van der Waals surface area contributed by atoms with Crippen LogP contribution in [0.15, 0.2) is 148 Å². The molecular weight excluding hydrogens is 685 g/mol. The molecule has 0 amide bonds. The maximum absolute atomic E-state index is 6.54. The molecule has 4 bridgehead atoms. The molecule has 4 nitrogen and oxygen atoms in total. The summed E-state index contributed by atoms with van der Waals surface area (Å²) in [6.45, 7) is 0. The zero-order valence-corrected chi connectivity index (χ0v) is 31.0. The molecular formula is C52H38N2O2. The van der Waals surface area contributed by atoms with Gasteiger partial charge in [-0.3, -0.25) is 0 Å².